The van der Waals surface area contributed by atoms with Gasteiger partial charge in [0.05, 0.1) is 5.69 Å². The van der Waals surface area contributed by atoms with Crippen molar-refractivity contribution in [2.75, 3.05) is 13.6 Å². The van der Waals surface area contributed by atoms with Crippen molar-refractivity contribution in [3.05, 3.63) is 29.6 Å². The number of nitrogens with zero attached hydrogens (tertiary/aromatic N) is 2. The Balaban J connectivity index is 2.00. The second-order valence-electron chi connectivity index (χ2n) is 5.19. The number of pyridine rings is 1. The molecule has 1 N–H and O–H groups in total. The summed E-state index contributed by atoms with van der Waals surface area (Å²) in [5, 5.41) is 3.23. The number of unbranched alkanes of at least 4 members (excludes halogenated alkanes) is 1. The maximum Gasteiger partial charge on any atom is 0.0588 e. The van der Waals surface area contributed by atoms with Gasteiger partial charge in [0, 0.05) is 25.3 Å². The SMILES string of the molecule is CCCCN(Cc1ncccc1CNC)C1CC1. The van der Waals surface area contributed by atoms with E-state index in [-0.39, 0.29) is 0 Å². The summed E-state index contributed by atoms with van der Waals surface area (Å²) >= 11 is 0. The lowest BCUT2D eigenvalue weighted by Gasteiger charge is -2.22. The van der Waals surface area contributed by atoms with Crippen LogP contribution in [-0.4, -0.2) is 29.5 Å². The summed E-state index contributed by atoms with van der Waals surface area (Å²) in [5.41, 5.74) is 2.58. The third kappa shape index (κ3) is 3.79. The molecule has 0 bridgehead atoms. The molecule has 3 heteroatoms. The fourth-order valence-corrected chi connectivity index (χ4v) is 2.35. The zero-order valence-corrected chi connectivity index (χ0v) is 11.7. The molecule has 1 aliphatic rings. The summed E-state index contributed by atoms with van der Waals surface area (Å²) in [6.07, 6.45) is 7.23. The fourth-order valence-electron chi connectivity index (χ4n) is 2.35. The van der Waals surface area contributed by atoms with Gasteiger partial charge in [0.2, 0.25) is 0 Å². The van der Waals surface area contributed by atoms with Gasteiger partial charge >= 0.3 is 0 Å². The Bertz CT molecular complexity index is 361. The van der Waals surface area contributed by atoms with Gasteiger partial charge in [0.15, 0.2) is 0 Å². The normalized spacial score (nSPS) is 15.3. The average Bonchev–Trinajstić information content (AvgIpc) is 3.21. The zero-order chi connectivity index (χ0) is 12.8. The lowest BCUT2D eigenvalue weighted by molar-refractivity contribution is 0.247. The molecule has 0 aromatic carbocycles. The van der Waals surface area contributed by atoms with Gasteiger partial charge < -0.3 is 5.32 Å². The largest absolute Gasteiger partial charge is 0.316 e. The number of rotatable bonds is 8. The zero-order valence-electron chi connectivity index (χ0n) is 11.7. The molecule has 0 radical (unpaired) electrons. The van der Waals surface area contributed by atoms with Gasteiger partial charge in [-0.05, 0) is 44.5 Å². The Morgan fingerprint density at radius 1 is 1.44 bits per heavy atom. The van der Waals surface area contributed by atoms with Crippen molar-refractivity contribution in [3.8, 4) is 0 Å². The molecule has 0 atom stereocenters. The quantitative estimate of drug-likeness (QED) is 0.765. The van der Waals surface area contributed by atoms with Crippen molar-refractivity contribution in [1.29, 1.82) is 0 Å². The first-order valence-corrected chi connectivity index (χ1v) is 7.16. The van der Waals surface area contributed by atoms with Crippen LogP contribution < -0.4 is 5.32 Å². The van der Waals surface area contributed by atoms with Crippen LogP contribution in [0.4, 0.5) is 0 Å². The molecular weight excluding hydrogens is 222 g/mol. The van der Waals surface area contributed by atoms with Crippen LogP contribution in [0.1, 0.15) is 43.9 Å². The maximum absolute atomic E-state index is 4.57. The first-order valence-electron chi connectivity index (χ1n) is 7.16. The monoisotopic (exact) mass is 247 g/mol. The molecule has 1 aliphatic carbocycles. The molecule has 100 valence electrons. The van der Waals surface area contributed by atoms with E-state index in [9.17, 15) is 0 Å². The van der Waals surface area contributed by atoms with E-state index in [0.717, 1.165) is 19.1 Å². The molecule has 1 saturated carbocycles. The van der Waals surface area contributed by atoms with Gasteiger partial charge in [-0.25, -0.2) is 0 Å². The van der Waals surface area contributed by atoms with Crippen LogP contribution >= 0.6 is 0 Å². The summed E-state index contributed by atoms with van der Waals surface area (Å²) in [4.78, 5) is 7.19. The van der Waals surface area contributed by atoms with E-state index in [1.165, 1.54) is 43.5 Å². The van der Waals surface area contributed by atoms with E-state index in [0.29, 0.717) is 0 Å². The van der Waals surface area contributed by atoms with Gasteiger partial charge in [-0.2, -0.15) is 0 Å². The number of aromatic nitrogens is 1. The molecule has 0 saturated heterocycles. The van der Waals surface area contributed by atoms with Gasteiger partial charge in [-0.15, -0.1) is 0 Å². The minimum Gasteiger partial charge on any atom is -0.316 e. The van der Waals surface area contributed by atoms with E-state index in [4.69, 9.17) is 0 Å². The summed E-state index contributed by atoms with van der Waals surface area (Å²) < 4.78 is 0. The van der Waals surface area contributed by atoms with Crippen LogP contribution in [0, 0.1) is 0 Å². The molecule has 0 spiro atoms. The predicted molar refractivity (Wildman–Crippen MR) is 75.3 cm³/mol. The van der Waals surface area contributed by atoms with Crippen LogP contribution in [0.2, 0.25) is 0 Å². The highest BCUT2D eigenvalue weighted by atomic mass is 15.2. The summed E-state index contributed by atoms with van der Waals surface area (Å²) in [6.45, 7) is 5.41. The summed E-state index contributed by atoms with van der Waals surface area (Å²) in [7, 11) is 1.99. The predicted octanol–water partition coefficient (Wildman–Crippen LogP) is 2.57. The lowest BCUT2D eigenvalue weighted by Crippen LogP contribution is -2.28. The Morgan fingerprint density at radius 3 is 2.94 bits per heavy atom. The number of hydrogen-bond acceptors (Lipinski definition) is 3. The number of nitrogens with one attached hydrogen (secondary N) is 1. The second-order valence-corrected chi connectivity index (χ2v) is 5.19. The topological polar surface area (TPSA) is 28.2 Å². The molecule has 1 aromatic heterocycles. The molecule has 0 unspecified atom stereocenters. The van der Waals surface area contributed by atoms with Gasteiger partial charge in [0.1, 0.15) is 0 Å². The van der Waals surface area contributed by atoms with Crippen molar-refractivity contribution in [2.45, 2.75) is 51.7 Å². The molecule has 0 amide bonds. The summed E-state index contributed by atoms with van der Waals surface area (Å²) in [5.74, 6) is 0. The van der Waals surface area contributed by atoms with Crippen LogP contribution in [-0.2, 0) is 13.1 Å². The van der Waals surface area contributed by atoms with E-state index >= 15 is 0 Å². The third-order valence-electron chi connectivity index (χ3n) is 3.57. The summed E-state index contributed by atoms with van der Waals surface area (Å²) in [6, 6.07) is 5.04. The van der Waals surface area contributed by atoms with Crippen molar-refractivity contribution in [2.24, 2.45) is 0 Å². The van der Waals surface area contributed by atoms with E-state index in [1.807, 2.05) is 19.3 Å². The molecule has 3 nitrogen and oxygen atoms in total. The van der Waals surface area contributed by atoms with E-state index in [2.05, 4.69) is 28.2 Å². The molecule has 18 heavy (non-hydrogen) atoms. The van der Waals surface area contributed by atoms with Crippen molar-refractivity contribution in [1.82, 2.24) is 15.2 Å². The van der Waals surface area contributed by atoms with Crippen molar-refractivity contribution in [3.63, 3.8) is 0 Å². The van der Waals surface area contributed by atoms with E-state index < -0.39 is 0 Å². The van der Waals surface area contributed by atoms with Gasteiger partial charge in [-0.3, -0.25) is 9.88 Å². The molecule has 1 fully saturated rings. The van der Waals surface area contributed by atoms with Gasteiger partial charge in [-0.1, -0.05) is 19.4 Å². The smallest absolute Gasteiger partial charge is 0.0588 e. The third-order valence-corrected chi connectivity index (χ3v) is 3.57. The molecule has 1 heterocycles. The minimum atomic E-state index is 0.820. The van der Waals surface area contributed by atoms with Crippen molar-refractivity contribution < 1.29 is 0 Å². The van der Waals surface area contributed by atoms with Crippen LogP contribution in [0.3, 0.4) is 0 Å². The number of hydrogen-bond donors (Lipinski definition) is 1. The molecule has 1 aromatic rings. The maximum atomic E-state index is 4.57. The first kappa shape index (κ1) is 13.5. The highest BCUT2D eigenvalue weighted by Gasteiger charge is 2.28. The average molecular weight is 247 g/mol. The van der Waals surface area contributed by atoms with Gasteiger partial charge in [0.25, 0.3) is 0 Å². The van der Waals surface area contributed by atoms with Crippen LogP contribution in [0.15, 0.2) is 18.3 Å². The Labute approximate surface area is 111 Å². The van der Waals surface area contributed by atoms with Crippen LogP contribution in [0.5, 0.6) is 0 Å². The lowest BCUT2D eigenvalue weighted by atomic mass is 10.1. The van der Waals surface area contributed by atoms with Crippen molar-refractivity contribution >= 4 is 0 Å². The highest BCUT2D eigenvalue weighted by Crippen LogP contribution is 2.28. The Hall–Kier alpha value is -0.930. The second kappa shape index (κ2) is 6.86. The van der Waals surface area contributed by atoms with Crippen LogP contribution in [0.25, 0.3) is 0 Å². The fraction of sp³-hybridized carbons (Fsp3) is 0.667. The Kier molecular flexibility index (Phi) is 5.14. The molecule has 2 rings (SSSR count). The first-order chi connectivity index (χ1) is 8.85. The van der Waals surface area contributed by atoms with E-state index in [1.54, 1.807) is 0 Å². The minimum absolute atomic E-state index is 0.820. The Morgan fingerprint density at radius 2 is 2.28 bits per heavy atom. The molecular formula is C15H25N3. The molecule has 0 aliphatic heterocycles. The standard InChI is InChI=1S/C15H25N3/c1-3-4-10-18(14-7-8-14)12-15-13(11-16-2)6-5-9-17-15/h5-6,9,14,16H,3-4,7-8,10-12H2,1-2H3. The highest BCUT2D eigenvalue weighted by molar-refractivity contribution is 5.19.